The first-order valence-electron chi connectivity index (χ1n) is 7.92. The van der Waals surface area contributed by atoms with Gasteiger partial charge in [-0.25, -0.2) is 8.78 Å². The van der Waals surface area contributed by atoms with Gasteiger partial charge in [0.15, 0.2) is 11.6 Å². The molecule has 0 aliphatic carbocycles. The van der Waals surface area contributed by atoms with Gasteiger partial charge < -0.3 is 10.6 Å². The average molecular weight is 354 g/mol. The number of carbonyl (C=O) groups excluding carboxylic acids is 1. The zero-order valence-electron chi connectivity index (χ0n) is 14.0. The maximum absolute atomic E-state index is 13.6. The van der Waals surface area contributed by atoms with Crippen LogP contribution in [-0.2, 0) is 11.2 Å². The first-order valence-corrected chi connectivity index (χ1v) is 7.92. The summed E-state index contributed by atoms with van der Waals surface area (Å²) in [6.07, 6.45) is 0.217. The molecule has 132 valence electrons. The summed E-state index contributed by atoms with van der Waals surface area (Å²) in [6.45, 7) is 1.94. The van der Waals surface area contributed by atoms with Gasteiger partial charge in [0.25, 0.3) is 0 Å². The normalized spacial score (nSPS) is 10.4. The van der Waals surface area contributed by atoms with Crippen molar-refractivity contribution in [3.05, 3.63) is 77.4 Å². The highest BCUT2D eigenvalue weighted by Gasteiger charge is 2.10. The summed E-state index contributed by atoms with van der Waals surface area (Å²) >= 11 is 0. The molecule has 3 aromatic rings. The van der Waals surface area contributed by atoms with Crippen LogP contribution in [0.5, 0.6) is 0 Å². The molecule has 0 aliphatic rings. The number of carbonyl (C=O) groups is 1. The summed E-state index contributed by atoms with van der Waals surface area (Å²) in [5, 5.41) is 12.8. The Kier molecular flexibility index (Phi) is 5.17. The third kappa shape index (κ3) is 4.18. The fraction of sp³-hybridized carbons (Fsp3) is 0.105. The van der Waals surface area contributed by atoms with Crippen molar-refractivity contribution in [3.63, 3.8) is 0 Å². The molecular formula is C19H16F2N4O. The molecule has 7 heteroatoms. The molecule has 1 aromatic heterocycles. The van der Waals surface area contributed by atoms with Crippen LogP contribution in [0, 0.1) is 18.6 Å². The topological polar surface area (TPSA) is 66.9 Å². The summed E-state index contributed by atoms with van der Waals surface area (Å²) in [7, 11) is 0. The van der Waals surface area contributed by atoms with Gasteiger partial charge in [-0.1, -0.05) is 30.3 Å². The molecular weight excluding hydrogens is 338 g/mol. The van der Waals surface area contributed by atoms with Gasteiger partial charge in [0.05, 0.1) is 6.42 Å². The molecule has 0 saturated carbocycles. The highest BCUT2D eigenvalue weighted by Crippen LogP contribution is 2.22. The van der Waals surface area contributed by atoms with E-state index in [1.165, 1.54) is 18.2 Å². The quantitative estimate of drug-likeness (QED) is 0.727. The largest absolute Gasteiger partial charge is 0.334 e. The molecule has 0 unspecified atom stereocenters. The zero-order valence-corrected chi connectivity index (χ0v) is 14.0. The van der Waals surface area contributed by atoms with E-state index in [2.05, 4.69) is 20.8 Å². The molecule has 0 saturated heterocycles. The van der Waals surface area contributed by atoms with Gasteiger partial charge in [-0.15, -0.1) is 10.2 Å². The summed E-state index contributed by atoms with van der Waals surface area (Å²) < 4.78 is 27.2. The van der Waals surface area contributed by atoms with Gasteiger partial charge in [0.1, 0.15) is 17.3 Å². The lowest BCUT2D eigenvalue weighted by Crippen LogP contribution is -2.16. The molecule has 0 bridgehead atoms. The first-order chi connectivity index (χ1) is 12.5. The minimum atomic E-state index is -0.734. The van der Waals surface area contributed by atoms with Crippen LogP contribution in [0.2, 0.25) is 0 Å². The van der Waals surface area contributed by atoms with Crippen molar-refractivity contribution in [1.82, 2.24) is 10.2 Å². The van der Waals surface area contributed by atoms with E-state index in [0.29, 0.717) is 0 Å². The van der Waals surface area contributed by atoms with E-state index in [1.807, 2.05) is 31.2 Å². The molecule has 1 amide bonds. The molecule has 0 radical (unpaired) electrons. The number of hydrogen-bond donors (Lipinski definition) is 2. The van der Waals surface area contributed by atoms with E-state index in [1.54, 1.807) is 0 Å². The lowest BCUT2D eigenvalue weighted by molar-refractivity contribution is -0.115. The van der Waals surface area contributed by atoms with E-state index >= 15 is 0 Å². The highest BCUT2D eigenvalue weighted by atomic mass is 19.1. The van der Waals surface area contributed by atoms with Crippen molar-refractivity contribution in [1.29, 1.82) is 0 Å². The molecule has 2 N–H and O–H groups in total. The van der Waals surface area contributed by atoms with Crippen LogP contribution in [0.3, 0.4) is 0 Å². The van der Waals surface area contributed by atoms with Crippen LogP contribution >= 0.6 is 0 Å². The second-order valence-corrected chi connectivity index (χ2v) is 5.68. The Hall–Kier alpha value is -3.35. The number of nitrogens with zero attached hydrogens (tertiary/aromatic N) is 2. The molecule has 0 fully saturated rings. The van der Waals surface area contributed by atoms with Gasteiger partial charge >= 0.3 is 0 Å². The van der Waals surface area contributed by atoms with Crippen molar-refractivity contribution in [3.8, 4) is 0 Å². The molecule has 26 heavy (non-hydrogen) atoms. The summed E-state index contributed by atoms with van der Waals surface area (Å²) in [5.74, 6) is -1.28. The van der Waals surface area contributed by atoms with Gasteiger partial charge in [0, 0.05) is 0 Å². The van der Waals surface area contributed by atoms with E-state index in [4.69, 9.17) is 0 Å². The number of nitrogens with one attached hydrogen (secondary N) is 2. The van der Waals surface area contributed by atoms with Gasteiger partial charge in [-0.3, -0.25) is 4.79 Å². The fourth-order valence-corrected chi connectivity index (χ4v) is 2.38. The number of hydrogen-bond acceptors (Lipinski definition) is 4. The minimum Gasteiger partial charge on any atom is -0.334 e. The van der Waals surface area contributed by atoms with Crippen LogP contribution in [0.25, 0.3) is 0 Å². The van der Waals surface area contributed by atoms with E-state index in [9.17, 15) is 13.6 Å². The van der Waals surface area contributed by atoms with E-state index < -0.39 is 11.6 Å². The standard InChI is InChI=1S/C19H16F2N4O/c1-12-5-2-3-6-13(12)11-18(26)22-16-9-10-17(25-24-16)23-19-14(20)7-4-8-15(19)21/h2-10H,11H2,1H3,(H,23,25)(H,22,24,26). The molecule has 0 spiro atoms. The number of aryl methyl sites for hydroxylation is 1. The molecule has 2 aromatic carbocycles. The number of anilines is 3. The molecule has 0 aliphatic heterocycles. The maximum Gasteiger partial charge on any atom is 0.230 e. The third-order valence-electron chi connectivity index (χ3n) is 3.76. The fourth-order valence-electron chi connectivity index (χ4n) is 2.38. The summed E-state index contributed by atoms with van der Waals surface area (Å²) in [6, 6.07) is 14.1. The minimum absolute atomic E-state index is 0.158. The van der Waals surface area contributed by atoms with Crippen LogP contribution in [-0.4, -0.2) is 16.1 Å². The van der Waals surface area contributed by atoms with Crippen molar-refractivity contribution < 1.29 is 13.6 Å². The summed E-state index contributed by atoms with van der Waals surface area (Å²) in [4.78, 5) is 12.1. The molecule has 5 nitrogen and oxygen atoms in total. The predicted molar refractivity (Wildman–Crippen MR) is 95.2 cm³/mol. The smallest absolute Gasteiger partial charge is 0.230 e. The third-order valence-corrected chi connectivity index (χ3v) is 3.76. The van der Waals surface area contributed by atoms with Crippen molar-refractivity contribution in [2.75, 3.05) is 10.6 Å². The van der Waals surface area contributed by atoms with E-state index in [0.717, 1.165) is 23.3 Å². The summed E-state index contributed by atoms with van der Waals surface area (Å²) in [5.41, 5.74) is 1.64. The second kappa shape index (κ2) is 7.69. The van der Waals surface area contributed by atoms with Crippen molar-refractivity contribution in [2.24, 2.45) is 0 Å². The van der Waals surface area contributed by atoms with Crippen LogP contribution in [0.15, 0.2) is 54.6 Å². The number of benzene rings is 2. The molecule has 3 rings (SSSR count). The second-order valence-electron chi connectivity index (χ2n) is 5.68. The first kappa shape index (κ1) is 17.5. The monoisotopic (exact) mass is 354 g/mol. The van der Waals surface area contributed by atoms with Gasteiger partial charge in [-0.05, 0) is 42.3 Å². The Morgan fingerprint density at radius 3 is 2.23 bits per heavy atom. The van der Waals surface area contributed by atoms with Crippen molar-refractivity contribution >= 4 is 23.2 Å². The van der Waals surface area contributed by atoms with Gasteiger partial charge in [0.2, 0.25) is 5.91 Å². The molecule has 0 atom stereocenters. The Labute approximate surface area is 149 Å². The number of halogens is 2. The van der Waals surface area contributed by atoms with Gasteiger partial charge in [-0.2, -0.15) is 0 Å². The number of aromatic nitrogens is 2. The number of amides is 1. The van der Waals surface area contributed by atoms with Crippen LogP contribution in [0.1, 0.15) is 11.1 Å². The number of rotatable bonds is 5. The van der Waals surface area contributed by atoms with Crippen LogP contribution < -0.4 is 10.6 Å². The predicted octanol–water partition coefficient (Wildman–Crippen LogP) is 3.99. The molecule has 1 heterocycles. The lowest BCUT2D eigenvalue weighted by Gasteiger charge is -2.09. The van der Waals surface area contributed by atoms with Crippen molar-refractivity contribution in [2.45, 2.75) is 13.3 Å². The Balaban J connectivity index is 1.64. The highest BCUT2D eigenvalue weighted by molar-refractivity contribution is 5.91. The SMILES string of the molecule is Cc1ccccc1CC(=O)Nc1ccc(Nc2c(F)cccc2F)nn1. The Morgan fingerprint density at radius 2 is 1.58 bits per heavy atom. The zero-order chi connectivity index (χ0) is 18.5. The number of para-hydroxylation sites is 1. The van der Waals surface area contributed by atoms with E-state index in [-0.39, 0.29) is 29.7 Å². The lowest BCUT2D eigenvalue weighted by atomic mass is 10.1. The Bertz CT molecular complexity index is 909. The van der Waals surface area contributed by atoms with Crippen LogP contribution in [0.4, 0.5) is 26.1 Å². The average Bonchev–Trinajstić information content (AvgIpc) is 2.62. The maximum atomic E-state index is 13.6. The Morgan fingerprint density at radius 1 is 0.923 bits per heavy atom.